The van der Waals surface area contributed by atoms with Crippen LogP contribution in [-0.2, 0) is 0 Å². The molecular weight excluding hydrogens is 230 g/mol. The molecule has 0 radical (unpaired) electrons. The predicted octanol–water partition coefficient (Wildman–Crippen LogP) is 5.08. The summed E-state index contributed by atoms with van der Waals surface area (Å²) < 4.78 is 0. The Morgan fingerprint density at radius 2 is 1.79 bits per heavy atom. The molecule has 0 saturated heterocycles. The molecule has 1 unspecified atom stereocenters. The van der Waals surface area contributed by atoms with E-state index in [2.05, 4.69) is 64.4 Å². The molecule has 0 spiro atoms. The molecule has 0 fully saturated rings. The van der Waals surface area contributed by atoms with E-state index in [9.17, 15) is 0 Å². The summed E-state index contributed by atoms with van der Waals surface area (Å²) in [7, 11) is 0. The highest BCUT2D eigenvalue weighted by Crippen LogP contribution is 2.15. The van der Waals surface area contributed by atoms with E-state index >= 15 is 0 Å². The van der Waals surface area contributed by atoms with E-state index in [0.717, 1.165) is 5.57 Å². The minimum atomic E-state index is 0.204. The first-order valence-electron chi connectivity index (χ1n) is 6.69. The second-order valence-electron chi connectivity index (χ2n) is 4.53. The first-order chi connectivity index (χ1) is 8.97. The van der Waals surface area contributed by atoms with Crippen LogP contribution in [-0.4, -0.2) is 6.04 Å². The highest BCUT2D eigenvalue weighted by atomic mass is 14.9. The molecule has 0 heterocycles. The van der Waals surface area contributed by atoms with Crippen LogP contribution in [0.2, 0.25) is 0 Å². The summed E-state index contributed by atoms with van der Waals surface area (Å²) in [5, 5.41) is 3.48. The maximum Gasteiger partial charge on any atom is 0.0476 e. The van der Waals surface area contributed by atoms with Crippen molar-refractivity contribution >= 4 is 0 Å². The molecule has 0 aliphatic heterocycles. The SMILES string of the molecule is C=C/C=C\C(=C)C(C)N/C(C)=C(/C)C(=CC)/C=C\C. The second-order valence-corrected chi connectivity index (χ2v) is 4.53. The predicted molar refractivity (Wildman–Crippen MR) is 88.0 cm³/mol. The molecular formula is C18H27N. The zero-order valence-electron chi connectivity index (χ0n) is 13.0. The number of hydrogen-bond acceptors (Lipinski definition) is 1. The molecule has 1 heteroatoms. The zero-order valence-corrected chi connectivity index (χ0v) is 13.0. The number of nitrogens with one attached hydrogen (secondary N) is 1. The lowest BCUT2D eigenvalue weighted by molar-refractivity contribution is 0.701. The van der Waals surface area contributed by atoms with Gasteiger partial charge in [-0.15, -0.1) is 0 Å². The fourth-order valence-corrected chi connectivity index (χ4v) is 1.70. The van der Waals surface area contributed by atoms with Crippen LogP contribution in [0.25, 0.3) is 0 Å². The van der Waals surface area contributed by atoms with Gasteiger partial charge in [0.1, 0.15) is 0 Å². The Bertz CT molecular complexity index is 431. The first-order valence-corrected chi connectivity index (χ1v) is 6.69. The molecule has 0 rings (SSSR count). The maximum absolute atomic E-state index is 4.06. The van der Waals surface area contributed by atoms with Crippen molar-refractivity contribution in [2.45, 2.75) is 40.7 Å². The topological polar surface area (TPSA) is 12.0 Å². The summed E-state index contributed by atoms with van der Waals surface area (Å²) in [6.07, 6.45) is 12.0. The summed E-state index contributed by atoms with van der Waals surface area (Å²) >= 11 is 0. The summed E-state index contributed by atoms with van der Waals surface area (Å²) in [5.41, 5.74) is 4.71. The molecule has 0 aromatic carbocycles. The summed E-state index contributed by atoms with van der Waals surface area (Å²) in [5.74, 6) is 0. The third-order valence-corrected chi connectivity index (χ3v) is 3.09. The number of allylic oxidation sites excluding steroid dienone is 8. The molecule has 0 aromatic rings. The Hall–Kier alpha value is -1.76. The van der Waals surface area contributed by atoms with E-state index in [0.29, 0.717) is 0 Å². The van der Waals surface area contributed by atoms with Gasteiger partial charge >= 0.3 is 0 Å². The molecule has 1 nitrogen and oxygen atoms in total. The lowest BCUT2D eigenvalue weighted by atomic mass is 10.0. The van der Waals surface area contributed by atoms with Gasteiger partial charge in [0, 0.05) is 11.7 Å². The van der Waals surface area contributed by atoms with Gasteiger partial charge in [-0.2, -0.15) is 0 Å². The van der Waals surface area contributed by atoms with Gasteiger partial charge in [-0.1, -0.05) is 49.6 Å². The van der Waals surface area contributed by atoms with E-state index in [-0.39, 0.29) is 6.04 Å². The Morgan fingerprint density at radius 3 is 2.26 bits per heavy atom. The van der Waals surface area contributed by atoms with E-state index in [1.54, 1.807) is 6.08 Å². The van der Waals surface area contributed by atoms with Crippen molar-refractivity contribution in [1.29, 1.82) is 0 Å². The molecule has 0 bridgehead atoms. The lowest BCUT2D eigenvalue weighted by Crippen LogP contribution is -2.26. The van der Waals surface area contributed by atoms with Crippen LogP contribution >= 0.6 is 0 Å². The van der Waals surface area contributed by atoms with Gasteiger partial charge < -0.3 is 5.32 Å². The van der Waals surface area contributed by atoms with Gasteiger partial charge in [-0.3, -0.25) is 0 Å². The maximum atomic E-state index is 4.06. The quantitative estimate of drug-likeness (QED) is 0.627. The molecule has 19 heavy (non-hydrogen) atoms. The number of rotatable bonds is 7. The standard InChI is InChI=1S/C18H27N/c1-8-11-13-14(4)16(6)19-17(7)15(5)18(10-3)12-9-2/h8-13,16,19H,1,4H2,2-3,5-7H3/b12-9-,13-11-,17-15-,18-10?. The van der Waals surface area contributed by atoms with Crippen molar-refractivity contribution < 1.29 is 0 Å². The Labute approximate surface area is 118 Å². The first kappa shape index (κ1) is 17.2. The van der Waals surface area contributed by atoms with E-state index < -0.39 is 0 Å². The Balaban J connectivity index is 4.92. The normalized spacial score (nSPS) is 15.5. The van der Waals surface area contributed by atoms with Crippen molar-refractivity contribution in [3.05, 3.63) is 72.0 Å². The highest BCUT2D eigenvalue weighted by molar-refractivity contribution is 5.40. The lowest BCUT2D eigenvalue weighted by Gasteiger charge is -2.18. The van der Waals surface area contributed by atoms with Crippen LogP contribution in [0.15, 0.2) is 72.0 Å². The summed E-state index contributed by atoms with van der Waals surface area (Å²) in [4.78, 5) is 0. The van der Waals surface area contributed by atoms with E-state index in [1.807, 2.05) is 19.1 Å². The smallest absolute Gasteiger partial charge is 0.0476 e. The Morgan fingerprint density at radius 1 is 1.16 bits per heavy atom. The minimum absolute atomic E-state index is 0.204. The third-order valence-electron chi connectivity index (χ3n) is 3.09. The monoisotopic (exact) mass is 257 g/mol. The minimum Gasteiger partial charge on any atom is -0.382 e. The molecule has 0 saturated carbocycles. The van der Waals surface area contributed by atoms with Gasteiger partial charge in [0.2, 0.25) is 0 Å². The molecule has 1 N–H and O–H groups in total. The summed E-state index contributed by atoms with van der Waals surface area (Å²) in [6.45, 7) is 18.2. The van der Waals surface area contributed by atoms with Gasteiger partial charge in [0.05, 0.1) is 0 Å². The van der Waals surface area contributed by atoms with Gasteiger partial charge in [0.25, 0.3) is 0 Å². The molecule has 0 aliphatic rings. The van der Waals surface area contributed by atoms with Crippen molar-refractivity contribution in [3.63, 3.8) is 0 Å². The second kappa shape index (κ2) is 9.21. The summed E-state index contributed by atoms with van der Waals surface area (Å²) in [6, 6.07) is 0.204. The van der Waals surface area contributed by atoms with Crippen molar-refractivity contribution in [1.82, 2.24) is 5.32 Å². The average Bonchev–Trinajstić information content (AvgIpc) is 2.40. The van der Waals surface area contributed by atoms with Crippen LogP contribution in [0.1, 0.15) is 34.6 Å². The Kier molecular flexibility index (Phi) is 8.35. The molecule has 0 aliphatic carbocycles. The molecule has 0 amide bonds. The molecule has 1 atom stereocenters. The molecule has 0 aromatic heterocycles. The van der Waals surface area contributed by atoms with Gasteiger partial charge in [-0.25, -0.2) is 0 Å². The van der Waals surface area contributed by atoms with Crippen LogP contribution in [0.3, 0.4) is 0 Å². The largest absolute Gasteiger partial charge is 0.382 e. The van der Waals surface area contributed by atoms with Gasteiger partial charge in [-0.05, 0) is 51.3 Å². The fraction of sp³-hybridized carbons (Fsp3) is 0.333. The molecule has 104 valence electrons. The average molecular weight is 257 g/mol. The number of hydrogen-bond donors (Lipinski definition) is 1. The third kappa shape index (κ3) is 6.10. The van der Waals surface area contributed by atoms with Crippen LogP contribution in [0, 0.1) is 0 Å². The highest BCUT2D eigenvalue weighted by Gasteiger charge is 2.06. The zero-order chi connectivity index (χ0) is 14.8. The van der Waals surface area contributed by atoms with Crippen molar-refractivity contribution in [2.75, 3.05) is 0 Å². The van der Waals surface area contributed by atoms with Crippen molar-refractivity contribution in [3.8, 4) is 0 Å². The fourth-order valence-electron chi connectivity index (χ4n) is 1.70. The van der Waals surface area contributed by atoms with E-state index in [1.165, 1.54) is 16.8 Å². The van der Waals surface area contributed by atoms with Crippen LogP contribution < -0.4 is 5.32 Å². The van der Waals surface area contributed by atoms with Crippen LogP contribution in [0.5, 0.6) is 0 Å². The van der Waals surface area contributed by atoms with Gasteiger partial charge in [0.15, 0.2) is 0 Å². The van der Waals surface area contributed by atoms with Crippen molar-refractivity contribution in [2.24, 2.45) is 0 Å². The van der Waals surface area contributed by atoms with Crippen LogP contribution in [0.4, 0.5) is 0 Å². The van der Waals surface area contributed by atoms with E-state index in [4.69, 9.17) is 0 Å².